The summed E-state index contributed by atoms with van der Waals surface area (Å²) in [4.78, 5) is 2.79. The maximum absolute atomic E-state index is 8.46. The molecule has 0 aliphatic carbocycles. The Kier molecular flexibility index (Phi) is 3.97. The Bertz CT molecular complexity index is 407. The number of hydrogen-bond donors (Lipinski definition) is 0. The average molecular weight is 217 g/mol. The smallest absolute Gasteiger partial charge is 0.184 e. The third-order valence-electron chi connectivity index (χ3n) is 2.37. The van der Waals surface area contributed by atoms with Gasteiger partial charge >= 0.3 is 0 Å². The van der Waals surface area contributed by atoms with Crippen LogP contribution in [-0.2, 0) is 0 Å². The number of benzene rings is 1. The molecule has 0 aromatic heterocycles. The highest BCUT2D eigenvalue weighted by molar-refractivity contribution is 5.48. The quantitative estimate of drug-likeness (QED) is 0.415. The van der Waals surface area contributed by atoms with E-state index in [1.54, 1.807) is 13.0 Å². The zero-order valence-electron chi connectivity index (χ0n) is 9.55. The van der Waals surface area contributed by atoms with Gasteiger partial charge in [-0.15, -0.1) is 0 Å². The monoisotopic (exact) mass is 217 g/mol. The Balaban J connectivity index is 2.85. The normalized spacial score (nSPS) is 13.4. The SMILES string of the molecule is C=Cc1ccc(OC(C)(CC)N=[N+]=[N-])cc1. The van der Waals surface area contributed by atoms with Crippen LogP contribution >= 0.6 is 0 Å². The molecule has 1 unspecified atom stereocenters. The zero-order chi connectivity index (χ0) is 12.0. The summed E-state index contributed by atoms with van der Waals surface area (Å²) < 4.78 is 5.64. The lowest BCUT2D eigenvalue weighted by atomic mass is 10.2. The Morgan fingerprint density at radius 2 is 2.12 bits per heavy atom. The van der Waals surface area contributed by atoms with Crippen LogP contribution in [0, 0.1) is 0 Å². The minimum Gasteiger partial charge on any atom is -0.481 e. The summed E-state index contributed by atoms with van der Waals surface area (Å²) in [5.41, 5.74) is 8.65. The van der Waals surface area contributed by atoms with E-state index in [0.717, 1.165) is 5.56 Å². The van der Waals surface area contributed by atoms with Gasteiger partial charge in [0, 0.05) is 4.91 Å². The number of rotatable bonds is 5. The molecule has 0 saturated heterocycles. The van der Waals surface area contributed by atoms with Crippen LogP contribution in [0.2, 0.25) is 0 Å². The molecule has 0 aliphatic rings. The first-order valence-corrected chi connectivity index (χ1v) is 5.11. The van der Waals surface area contributed by atoms with Gasteiger partial charge < -0.3 is 4.74 Å². The second-order valence-corrected chi connectivity index (χ2v) is 3.59. The van der Waals surface area contributed by atoms with Crippen LogP contribution in [0.1, 0.15) is 25.8 Å². The van der Waals surface area contributed by atoms with Gasteiger partial charge in [0.2, 0.25) is 0 Å². The maximum atomic E-state index is 8.46. The van der Waals surface area contributed by atoms with E-state index in [4.69, 9.17) is 10.3 Å². The Morgan fingerprint density at radius 3 is 2.56 bits per heavy atom. The minimum atomic E-state index is -0.829. The average Bonchev–Trinajstić information content (AvgIpc) is 2.30. The highest BCUT2D eigenvalue weighted by Crippen LogP contribution is 2.23. The molecule has 84 valence electrons. The van der Waals surface area contributed by atoms with Crippen molar-refractivity contribution in [3.05, 3.63) is 46.9 Å². The summed E-state index contributed by atoms with van der Waals surface area (Å²) in [6, 6.07) is 7.46. The topological polar surface area (TPSA) is 58.0 Å². The van der Waals surface area contributed by atoms with Crippen molar-refractivity contribution in [2.75, 3.05) is 0 Å². The fourth-order valence-corrected chi connectivity index (χ4v) is 1.18. The second-order valence-electron chi connectivity index (χ2n) is 3.59. The standard InChI is InChI=1S/C12H15N3O/c1-4-10-6-8-11(9-7-10)16-12(3,5-2)14-15-13/h4,6-9H,1,5H2,2-3H3. The molecule has 0 aliphatic heterocycles. The van der Waals surface area contributed by atoms with Gasteiger partial charge in [0.1, 0.15) is 5.75 Å². The molecule has 0 saturated carbocycles. The van der Waals surface area contributed by atoms with Crippen LogP contribution in [0.5, 0.6) is 5.75 Å². The van der Waals surface area contributed by atoms with E-state index in [9.17, 15) is 0 Å². The van der Waals surface area contributed by atoms with Crippen LogP contribution in [0.4, 0.5) is 0 Å². The van der Waals surface area contributed by atoms with E-state index in [2.05, 4.69) is 16.6 Å². The lowest BCUT2D eigenvalue weighted by molar-refractivity contribution is 0.0921. The number of ether oxygens (including phenoxy) is 1. The summed E-state index contributed by atoms with van der Waals surface area (Å²) in [5.74, 6) is 0.683. The van der Waals surface area contributed by atoms with Gasteiger partial charge in [-0.2, -0.15) is 0 Å². The van der Waals surface area contributed by atoms with Crippen molar-refractivity contribution in [2.45, 2.75) is 26.0 Å². The molecule has 1 rings (SSSR count). The van der Waals surface area contributed by atoms with Gasteiger partial charge in [0.05, 0.1) is 0 Å². The van der Waals surface area contributed by atoms with Crippen molar-refractivity contribution in [3.63, 3.8) is 0 Å². The summed E-state index contributed by atoms with van der Waals surface area (Å²) in [6.45, 7) is 7.34. The van der Waals surface area contributed by atoms with Gasteiger partial charge in [-0.25, -0.2) is 0 Å². The molecular weight excluding hydrogens is 202 g/mol. The van der Waals surface area contributed by atoms with Crippen molar-refractivity contribution in [3.8, 4) is 5.75 Å². The van der Waals surface area contributed by atoms with Crippen LogP contribution in [-0.4, -0.2) is 5.72 Å². The van der Waals surface area contributed by atoms with Crippen molar-refractivity contribution in [2.24, 2.45) is 5.11 Å². The molecule has 0 N–H and O–H groups in total. The number of nitrogens with zero attached hydrogens (tertiary/aromatic N) is 3. The fourth-order valence-electron chi connectivity index (χ4n) is 1.18. The Labute approximate surface area is 95.2 Å². The van der Waals surface area contributed by atoms with Gasteiger partial charge in [-0.3, -0.25) is 0 Å². The van der Waals surface area contributed by atoms with Gasteiger partial charge in [-0.05, 0) is 41.7 Å². The van der Waals surface area contributed by atoms with Crippen LogP contribution in [0.3, 0.4) is 0 Å². The van der Waals surface area contributed by atoms with Crippen LogP contribution in [0.15, 0.2) is 36.0 Å². The van der Waals surface area contributed by atoms with Crippen molar-refractivity contribution in [1.82, 2.24) is 0 Å². The second kappa shape index (κ2) is 5.24. The molecular formula is C12H15N3O. The lowest BCUT2D eigenvalue weighted by Gasteiger charge is -2.23. The fraction of sp³-hybridized carbons (Fsp3) is 0.333. The van der Waals surface area contributed by atoms with E-state index in [0.29, 0.717) is 12.2 Å². The van der Waals surface area contributed by atoms with E-state index in [-0.39, 0.29) is 0 Å². The zero-order valence-corrected chi connectivity index (χ0v) is 9.55. The molecule has 0 amide bonds. The van der Waals surface area contributed by atoms with Gasteiger partial charge in [0.25, 0.3) is 0 Å². The predicted molar refractivity (Wildman–Crippen MR) is 65.0 cm³/mol. The highest BCUT2D eigenvalue weighted by Gasteiger charge is 2.21. The van der Waals surface area contributed by atoms with E-state index < -0.39 is 5.72 Å². The summed E-state index contributed by atoms with van der Waals surface area (Å²) >= 11 is 0. The minimum absolute atomic E-state index is 0.611. The maximum Gasteiger partial charge on any atom is 0.184 e. The summed E-state index contributed by atoms with van der Waals surface area (Å²) in [5, 5.41) is 3.65. The van der Waals surface area contributed by atoms with E-state index in [1.807, 2.05) is 31.2 Å². The largest absolute Gasteiger partial charge is 0.481 e. The highest BCUT2D eigenvalue weighted by atomic mass is 16.5. The summed E-state index contributed by atoms with van der Waals surface area (Å²) in [7, 11) is 0. The Morgan fingerprint density at radius 1 is 1.50 bits per heavy atom. The lowest BCUT2D eigenvalue weighted by Crippen LogP contribution is -2.28. The third-order valence-corrected chi connectivity index (χ3v) is 2.37. The number of azide groups is 1. The molecule has 4 heteroatoms. The Hall–Kier alpha value is -1.93. The number of hydrogen-bond acceptors (Lipinski definition) is 2. The van der Waals surface area contributed by atoms with Crippen molar-refractivity contribution >= 4 is 6.08 Å². The molecule has 1 aromatic rings. The van der Waals surface area contributed by atoms with E-state index in [1.165, 1.54) is 0 Å². The molecule has 0 fully saturated rings. The van der Waals surface area contributed by atoms with Crippen LogP contribution in [0.25, 0.3) is 16.5 Å². The van der Waals surface area contributed by atoms with Gasteiger partial charge in [0.15, 0.2) is 5.72 Å². The van der Waals surface area contributed by atoms with Crippen LogP contribution < -0.4 is 4.74 Å². The predicted octanol–water partition coefficient (Wildman–Crippen LogP) is 4.14. The molecule has 16 heavy (non-hydrogen) atoms. The molecule has 1 atom stereocenters. The summed E-state index contributed by atoms with van der Waals surface area (Å²) in [6.07, 6.45) is 2.37. The third kappa shape index (κ3) is 3.04. The molecule has 0 bridgehead atoms. The van der Waals surface area contributed by atoms with Gasteiger partial charge in [-0.1, -0.05) is 31.7 Å². The molecule has 0 heterocycles. The van der Waals surface area contributed by atoms with E-state index >= 15 is 0 Å². The van der Waals surface area contributed by atoms with Crippen molar-refractivity contribution < 1.29 is 4.74 Å². The molecule has 0 radical (unpaired) electrons. The first-order valence-electron chi connectivity index (χ1n) is 5.11. The molecule has 4 nitrogen and oxygen atoms in total. The molecule has 1 aromatic carbocycles. The first-order chi connectivity index (χ1) is 7.63. The molecule has 0 spiro atoms. The van der Waals surface area contributed by atoms with Crippen molar-refractivity contribution in [1.29, 1.82) is 0 Å². The first kappa shape index (κ1) is 12.1.